The van der Waals surface area contributed by atoms with E-state index in [-0.39, 0.29) is 5.56 Å². The fraction of sp³-hybridized carbons (Fsp3) is 0.348. The summed E-state index contributed by atoms with van der Waals surface area (Å²) in [6.45, 7) is 6.73. The zero-order chi connectivity index (χ0) is 19.7. The molecule has 1 aromatic heterocycles. The molecule has 0 unspecified atom stereocenters. The Labute approximate surface area is 169 Å². The highest BCUT2D eigenvalue weighted by atomic mass is 35.5. The lowest BCUT2D eigenvalue weighted by Gasteiger charge is -2.24. The largest absolute Gasteiger partial charge is 0.492 e. The number of nitrogens with one attached hydrogen (secondary N) is 2. The monoisotopic (exact) mass is 396 g/mol. The van der Waals surface area contributed by atoms with Crippen LogP contribution in [0.2, 0.25) is 5.02 Å². The first kappa shape index (κ1) is 19.0. The molecule has 0 bridgehead atoms. The molecule has 2 aromatic carbocycles. The molecular weight excluding hydrogens is 372 g/mol. The molecule has 0 aliphatic carbocycles. The van der Waals surface area contributed by atoms with E-state index >= 15 is 0 Å². The van der Waals surface area contributed by atoms with E-state index in [9.17, 15) is 4.79 Å². The normalized spacial score (nSPS) is 15.1. The van der Waals surface area contributed by atoms with Gasteiger partial charge in [-0.1, -0.05) is 40.9 Å². The first-order valence-electron chi connectivity index (χ1n) is 9.79. The molecule has 2 N–H and O–H groups in total. The lowest BCUT2D eigenvalue weighted by molar-refractivity contribution is 0.217. The van der Waals surface area contributed by atoms with Gasteiger partial charge < -0.3 is 15.0 Å². The zero-order valence-electron chi connectivity index (χ0n) is 16.3. The molecule has 1 aliphatic rings. The van der Waals surface area contributed by atoms with Gasteiger partial charge in [-0.25, -0.2) is 0 Å². The predicted octanol–water partition coefficient (Wildman–Crippen LogP) is 4.84. The second kappa shape index (κ2) is 7.98. The number of benzene rings is 2. The van der Waals surface area contributed by atoms with Gasteiger partial charge in [-0.15, -0.1) is 0 Å². The molecule has 4 rings (SSSR count). The molecule has 3 aromatic rings. The standard InChI is InChI=1S/C23H25ClN2O2/c1-14-9-15(2)11-17(10-14)21-22(28-13-16-5-7-25-8-6-16)19-4-3-18(24)12-20(19)26-23(21)27/h3-4,9-12,16,25H,5-8,13H2,1-2H3,(H,26,27). The molecule has 0 radical (unpaired) electrons. The summed E-state index contributed by atoms with van der Waals surface area (Å²) in [5.41, 5.74) is 4.27. The second-order valence-corrected chi connectivity index (χ2v) is 8.17. The maximum Gasteiger partial charge on any atom is 0.260 e. The molecule has 0 spiro atoms. The van der Waals surface area contributed by atoms with Gasteiger partial charge >= 0.3 is 0 Å². The van der Waals surface area contributed by atoms with Crippen molar-refractivity contribution in [1.29, 1.82) is 0 Å². The van der Waals surface area contributed by atoms with Crippen molar-refractivity contribution in [3.63, 3.8) is 0 Å². The van der Waals surface area contributed by atoms with E-state index in [0.29, 0.717) is 34.4 Å². The number of aryl methyl sites for hydroxylation is 2. The summed E-state index contributed by atoms with van der Waals surface area (Å²) in [4.78, 5) is 16.0. The van der Waals surface area contributed by atoms with Crippen LogP contribution in [0.3, 0.4) is 0 Å². The Bertz CT molecular complexity index is 1050. The Morgan fingerprint density at radius 2 is 1.79 bits per heavy atom. The van der Waals surface area contributed by atoms with Crippen LogP contribution in [0.1, 0.15) is 24.0 Å². The summed E-state index contributed by atoms with van der Waals surface area (Å²) in [5.74, 6) is 1.15. The summed E-state index contributed by atoms with van der Waals surface area (Å²) in [7, 11) is 0. The van der Waals surface area contributed by atoms with Crippen LogP contribution in [-0.2, 0) is 0 Å². The van der Waals surface area contributed by atoms with Crippen molar-refractivity contribution in [1.82, 2.24) is 10.3 Å². The lowest BCUT2D eigenvalue weighted by atomic mass is 9.98. The molecule has 1 saturated heterocycles. The van der Waals surface area contributed by atoms with Crippen molar-refractivity contribution in [2.24, 2.45) is 5.92 Å². The van der Waals surface area contributed by atoms with Gasteiger partial charge in [0.15, 0.2) is 0 Å². The zero-order valence-corrected chi connectivity index (χ0v) is 17.0. The highest BCUT2D eigenvalue weighted by molar-refractivity contribution is 6.31. The predicted molar refractivity (Wildman–Crippen MR) is 116 cm³/mol. The van der Waals surface area contributed by atoms with E-state index in [1.54, 1.807) is 6.07 Å². The van der Waals surface area contributed by atoms with Crippen molar-refractivity contribution in [2.45, 2.75) is 26.7 Å². The molecule has 0 amide bonds. The van der Waals surface area contributed by atoms with Gasteiger partial charge in [0, 0.05) is 10.4 Å². The first-order chi connectivity index (χ1) is 13.5. The number of rotatable bonds is 4. The summed E-state index contributed by atoms with van der Waals surface area (Å²) < 4.78 is 6.35. The fourth-order valence-electron chi connectivity index (χ4n) is 4.02. The molecule has 0 saturated carbocycles. The topological polar surface area (TPSA) is 54.1 Å². The number of hydrogen-bond acceptors (Lipinski definition) is 3. The number of pyridine rings is 1. The molecule has 146 valence electrons. The Balaban J connectivity index is 1.85. The van der Waals surface area contributed by atoms with E-state index in [2.05, 4.69) is 16.4 Å². The number of ether oxygens (including phenoxy) is 1. The van der Waals surface area contributed by atoms with Crippen molar-refractivity contribution < 1.29 is 4.74 Å². The second-order valence-electron chi connectivity index (χ2n) is 7.73. The lowest BCUT2D eigenvalue weighted by Crippen LogP contribution is -2.30. The van der Waals surface area contributed by atoms with Crippen LogP contribution in [-0.4, -0.2) is 24.7 Å². The fourth-order valence-corrected chi connectivity index (χ4v) is 4.19. The Hall–Kier alpha value is -2.30. The average Bonchev–Trinajstić information content (AvgIpc) is 2.65. The smallest absolute Gasteiger partial charge is 0.260 e. The number of hydrogen-bond donors (Lipinski definition) is 2. The summed E-state index contributed by atoms with van der Waals surface area (Å²) in [5, 5.41) is 4.85. The Morgan fingerprint density at radius 3 is 2.50 bits per heavy atom. The number of H-pyrrole nitrogens is 1. The van der Waals surface area contributed by atoms with Crippen molar-refractivity contribution in [3.8, 4) is 16.9 Å². The first-order valence-corrected chi connectivity index (χ1v) is 10.2. The third kappa shape index (κ3) is 3.94. The van der Waals surface area contributed by atoms with Crippen LogP contribution in [0.15, 0.2) is 41.2 Å². The number of halogens is 1. The van der Waals surface area contributed by atoms with Crippen molar-refractivity contribution >= 4 is 22.5 Å². The van der Waals surface area contributed by atoms with E-state index in [4.69, 9.17) is 16.3 Å². The van der Waals surface area contributed by atoms with E-state index in [0.717, 1.165) is 48.0 Å². The Kier molecular flexibility index (Phi) is 5.42. The minimum absolute atomic E-state index is 0.153. The Morgan fingerprint density at radius 1 is 1.07 bits per heavy atom. The van der Waals surface area contributed by atoms with Crippen LogP contribution in [0.4, 0.5) is 0 Å². The average molecular weight is 397 g/mol. The highest BCUT2D eigenvalue weighted by Crippen LogP contribution is 2.35. The van der Waals surface area contributed by atoms with Gasteiger partial charge in [0.1, 0.15) is 5.75 Å². The van der Waals surface area contributed by atoms with Crippen molar-refractivity contribution in [3.05, 3.63) is 62.9 Å². The van der Waals surface area contributed by atoms with Gasteiger partial charge in [0.25, 0.3) is 5.56 Å². The molecule has 2 heterocycles. The maximum absolute atomic E-state index is 13.1. The maximum atomic E-state index is 13.1. The number of piperidine rings is 1. The third-order valence-electron chi connectivity index (χ3n) is 5.36. The van der Waals surface area contributed by atoms with Crippen LogP contribution >= 0.6 is 11.6 Å². The SMILES string of the molecule is Cc1cc(C)cc(-c2c(OCC3CCNCC3)c3ccc(Cl)cc3[nH]c2=O)c1. The van der Waals surface area contributed by atoms with E-state index in [1.165, 1.54) is 0 Å². The van der Waals surface area contributed by atoms with Crippen LogP contribution in [0.25, 0.3) is 22.0 Å². The molecule has 4 nitrogen and oxygen atoms in total. The quantitative estimate of drug-likeness (QED) is 0.663. The van der Waals surface area contributed by atoms with E-state index in [1.807, 2.05) is 38.1 Å². The van der Waals surface area contributed by atoms with Gasteiger partial charge in [-0.2, -0.15) is 0 Å². The molecule has 0 atom stereocenters. The van der Waals surface area contributed by atoms with E-state index < -0.39 is 0 Å². The van der Waals surface area contributed by atoms with Crippen LogP contribution in [0, 0.1) is 19.8 Å². The molecule has 1 aliphatic heterocycles. The minimum atomic E-state index is -0.153. The minimum Gasteiger partial charge on any atom is -0.492 e. The van der Waals surface area contributed by atoms with Gasteiger partial charge in [0.2, 0.25) is 0 Å². The molecule has 28 heavy (non-hydrogen) atoms. The number of fused-ring (bicyclic) bond motifs is 1. The van der Waals surface area contributed by atoms with Crippen molar-refractivity contribution in [2.75, 3.05) is 19.7 Å². The van der Waals surface area contributed by atoms with Gasteiger partial charge in [0.05, 0.1) is 17.7 Å². The van der Waals surface area contributed by atoms with Crippen LogP contribution < -0.4 is 15.6 Å². The number of aromatic amines is 1. The third-order valence-corrected chi connectivity index (χ3v) is 5.60. The van der Waals surface area contributed by atoms with Gasteiger partial charge in [-0.05, 0) is 69.5 Å². The molecule has 5 heteroatoms. The van der Waals surface area contributed by atoms with Crippen LogP contribution in [0.5, 0.6) is 5.75 Å². The van der Waals surface area contributed by atoms with Gasteiger partial charge in [-0.3, -0.25) is 4.79 Å². The summed E-state index contributed by atoms with van der Waals surface area (Å²) in [6.07, 6.45) is 2.18. The number of aromatic nitrogens is 1. The molecular formula is C23H25ClN2O2. The molecule has 1 fully saturated rings. The highest BCUT2D eigenvalue weighted by Gasteiger charge is 2.20. The summed E-state index contributed by atoms with van der Waals surface area (Å²) >= 11 is 6.15. The summed E-state index contributed by atoms with van der Waals surface area (Å²) in [6, 6.07) is 11.7.